The molecule has 0 radical (unpaired) electrons. The number of nitrogens with one attached hydrogen (secondary N) is 1. The van der Waals surface area contributed by atoms with Crippen molar-refractivity contribution < 1.29 is 22.7 Å². The van der Waals surface area contributed by atoms with Gasteiger partial charge in [0.1, 0.15) is 22.9 Å². The van der Waals surface area contributed by atoms with Crippen LogP contribution in [-0.4, -0.2) is 30.9 Å². The number of pyridine rings is 2. The van der Waals surface area contributed by atoms with Crippen LogP contribution in [0.15, 0.2) is 71.8 Å². The van der Waals surface area contributed by atoms with Gasteiger partial charge in [-0.2, -0.15) is 8.42 Å². The van der Waals surface area contributed by atoms with E-state index in [4.69, 9.17) is 15.2 Å². The summed E-state index contributed by atoms with van der Waals surface area (Å²) in [4.78, 5) is 21.6. The molecule has 4 rings (SSSR count). The van der Waals surface area contributed by atoms with Crippen LogP contribution in [0.3, 0.4) is 0 Å². The highest BCUT2D eigenvalue weighted by Gasteiger charge is 2.25. The number of amides is 1. The van der Waals surface area contributed by atoms with Gasteiger partial charge in [-0.05, 0) is 87.4 Å². The van der Waals surface area contributed by atoms with Crippen LogP contribution >= 0.6 is 0 Å². The molecule has 0 aliphatic rings. The van der Waals surface area contributed by atoms with Crippen molar-refractivity contribution in [2.75, 3.05) is 12.3 Å². The molecule has 9 nitrogen and oxygen atoms in total. The Hall–Kier alpha value is -4.44. The molecular formula is C28H28N4O5S. The topological polar surface area (TPSA) is 134 Å². The number of carbonyl (C=O) groups is 1. The summed E-state index contributed by atoms with van der Waals surface area (Å²) >= 11 is 0. The maximum Gasteiger partial charge on any atom is 0.281 e. The number of nitrogens with two attached hydrogens (primary N) is 1. The van der Waals surface area contributed by atoms with Gasteiger partial charge in [-0.25, -0.2) is 14.7 Å². The zero-order chi connectivity index (χ0) is 27.4. The van der Waals surface area contributed by atoms with Crippen molar-refractivity contribution in [3.05, 3.63) is 89.0 Å². The van der Waals surface area contributed by atoms with Crippen LogP contribution in [0.25, 0.3) is 11.3 Å². The standard InChI is InChI=1S/C28H28N4O5S/c1-5-36-21-11-9-20(10-12-21)23-14-13-22(27(33)32-38(34,35)25-8-6-7-24(29)31-25)28(30-23)37-26-18(3)15-17(2)16-19(26)4/h6-16H,5H2,1-4H3,(H2,29,31)(H,32,33). The fourth-order valence-electron chi connectivity index (χ4n) is 3.97. The van der Waals surface area contributed by atoms with Gasteiger partial charge >= 0.3 is 0 Å². The number of rotatable bonds is 8. The number of hydrogen-bond donors (Lipinski definition) is 2. The molecule has 10 heteroatoms. The number of hydrogen-bond acceptors (Lipinski definition) is 8. The number of benzene rings is 2. The molecule has 3 N–H and O–H groups in total. The highest BCUT2D eigenvalue weighted by Crippen LogP contribution is 2.33. The lowest BCUT2D eigenvalue weighted by Gasteiger charge is -2.16. The molecule has 0 aliphatic carbocycles. The predicted octanol–water partition coefficient (Wildman–Crippen LogP) is 4.96. The summed E-state index contributed by atoms with van der Waals surface area (Å²) in [7, 11) is -4.30. The molecule has 0 aliphatic heterocycles. The average Bonchev–Trinajstić information content (AvgIpc) is 2.86. The average molecular weight is 533 g/mol. The first kappa shape index (κ1) is 26.6. The largest absolute Gasteiger partial charge is 0.494 e. The van der Waals surface area contributed by atoms with Crippen LogP contribution in [0.2, 0.25) is 0 Å². The molecule has 0 spiro atoms. The van der Waals surface area contributed by atoms with E-state index in [1.54, 1.807) is 6.07 Å². The minimum Gasteiger partial charge on any atom is -0.494 e. The lowest BCUT2D eigenvalue weighted by molar-refractivity contribution is 0.0978. The van der Waals surface area contributed by atoms with Gasteiger partial charge in [-0.15, -0.1) is 0 Å². The van der Waals surface area contributed by atoms with Crippen LogP contribution in [0.4, 0.5) is 5.82 Å². The summed E-state index contributed by atoms with van der Waals surface area (Å²) in [5.41, 5.74) is 9.60. The first-order valence-electron chi connectivity index (χ1n) is 11.9. The lowest BCUT2D eigenvalue weighted by atomic mass is 10.1. The summed E-state index contributed by atoms with van der Waals surface area (Å²) in [5.74, 6) is 0.296. The van der Waals surface area contributed by atoms with Crippen LogP contribution in [0.1, 0.15) is 34.0 Å². The Morgan fingerprint density at radius 3 is 2.26 bits per heavy atom. The molecule has 196 valence electrons. The zero-order valence-corrected chi connectivity index (χ0v) is 22.3. The number of aromatic nitrogens is 2. The van der Waals surface area contributed by atoms with Gasteiger partial charge < -0.3 is 15.2 Å². The van der Waals surface area contributed by atoms with Gasteiger partial charge in [0.15, 0.2) is 5.03 Å². The molecule has 0 bridgehead atoms. The van der Waals surface area contributed by atoms with E-state index in [1.807, 2.05) is 68.8 Å². The number of anilines is 1. The van der Waals surface area contributed by atoms with E-state index in [2.05, 4.69) is 9.97 Å². The fraction of sp³-hybridized carbons (Fsp3) is 0.179. The van der Waals surface area contributed by atoms with Crippen molar-refractivity contribution in [3.63, 3.8) is 0 Å². The van der Waals surface area contributed by atoms with E-state index in [0.717, 1.165) is 28.0 Å². The normalized spacial score (nSPS) is 11.2. The first-order chi connectivity index (χ1) is 18.1. The van der Waals surface area contributed by atoms with Crippen molar-refractivity contribution >= 4 is 21.7 Å². The molecular weight excluding hydrogens is 504 g/mol. The van der Waals surface area contributed by atoms with Gasteiger partial charge in [0.2, 0.25) is 5.88 Å². The summed E-state index contributed by atoms with van der Waals surface area (Å²) in [5, 5.41) is -0.377. The predicted molar refractivity (Wildman–Crippen MR) is 145 cm³/mol. The van der Waals surface area contributed by atoms with Crippen molar-refractivity contribution in [2.45, 2.75) is 32.7 Å². The molecule has 38 heavy (non-hydrogen) atoms. The number of nitrogen functional groups attached to an aromatic ring is 1. The number of carbonyl (C=O) groups excluding carboxylic acids is 1. The molecule has 0 atom stereocenters. The third-order valence-corrected chi connectivity index (χ3v) is 6.85. The summed E-state index contributed by atoms with van der Waals surface area (Å²) in [6, 6.07) is 18.5. The fourth-order valence-corrected chi connectivity index (χ4v) is 4.92. The molecule has 0 fully saturated rings. The Morgan fingerprint density at radius 1 is 0.947 bits per heavy atom. The van der Waals surface area contributed by atoms with Crippen molar-refractivity contribution in [1.82, 2.24) is 14.7 Å². The maximum absolute atomic E-state index is 13.2. The molecule has 0 unspecified atom stereocenters. The number of sulfonamides is 1. The Kier molecular flexibility index (Phi) is 7.63. The van der Waals surface area contributed by atoms with E-state index in [9.17, 15) is 13.2 Å². The molecule has 4 aromatic rings. The molecule has 0 saturated carbocycles. The van der Waals surface area contributed by atoms with E-state index in [0.29, 0.717) is 18.1 Å². The van der Waals surface area contributed by atoms with Gasteiger partial charge in [0.05, 0.1) is 12.3 Å². The number of nitrogens with zero attached hydrogens (tertiary/aromatic N) is 2. The van der Waals surface area contributed by atoms with Crippen molar-refractivity contribution in [3.8, 4) is 28.6 Å². The lowest BCUT2D eigenvalue weighted by Crippen LogP contribution is -2.31. The molecule has 2 aromatic carbocycles. The third-order valence-electron chi connectivity index (χ3n) is 5.62. The van der Waals surface area contributed by atoms with Crippen LogP contribution < -0.4 is 19.9 Å². The SMILES string of the molecule is CCOc1ccc(-c2ccc(C(=O)NS(=O)(=O)c3cccc(N)n3)c(Oc3c(C)cc(C)cc3C)n2)cc1. The van der Waals surface area contributed by atoms with Gasteiger partial charge in [0, 0.05) is 5.56 Å². The van der Waals surface area contributed by atoms with Crippen LogP contribution in [0.5, 0.6) is 17.4 Å². The highest BCUT2D eigenvalue weighted by atomic mass is 32.2. The van der Waals surface area contributed by atoms with E-state index in [1.165, 1.54) is 24.3 Å². The maximum atomic E-state index is 13.2. The number of ether oxygens (including phenoxy) is 2. The quantitative estimate of drug-likeness (QED) is 0.325. The summed E-state index contributed by atoms with van der Waals surface area (Å²) < 4.78 is 39.4. The summed E-state index contributed by atoms with van der Waals surface area (Å²) in [6.07, 6.45) is 0. The van der Waals surface area contributed by atoms with Gasteiger partial charge in [0.25, 0.3) is 15.9 Å². The first-order valence-corrected chi connectivity index (χ1v) is 13.4. The van der Waals surface area contributed by atoms with E-state index < -0.39 is 15.9 Å². The molecule has 1 amide bonds. The second kappa shape index (κ2) is 10.9. The summed E-state index contributed by atoms with van der Waals surface area (Å²) in [6.45, 7) is 8.20. The smallest absolute Gasteiger partial charge is 0.281 e. The molecule has 0 saturated heterocycles. The van der Waals surface area contributed by atoms with Gasteiger partial charge in [-0.3, -0.25) is 4.79 Å². The van der Waals surface area contributed by atoms with Crippen molar-refractivity contribution in [2.24, 2.45) is 0 Å². The van der Waals surface area contributed by atoms with Crippen LogP contribution in [-0.2, 0) is 10.0 Å². The monoisotopic (exact) mass is 532 g/mol. The second-order valence-corrected chi connectivity index (χ2v) is 10.3. The Balaban J connectivity index is 1.75. The minimum atomic E-state index is -4.30. The van der Waals surface area contributed by atoms with Crippen molar-refractivity contribution in [1.29, 1.82) is 0 Å². The Bertz CT molecular complexity index is 1580. The van der Waals surface area contributed by atoms with E-state index >= 15 is 0 Å². The second-order valence-electron chi connectivity index (χ2n) is 8.67. The third kappa shape index (κ3) is 5.92. The highest BCUT2D eigenvalue weighted by molar-refractivity contribution is 7.90. The zero-order valence-electron chi connectivity index (χ0n) is 21.5. The van der Waals surface area contributed by atoms with Gasteiger partial charge in [-0.1, -0.05) is 23.8 Å². The van der Waals surface area contributed by atoms with Crippen LogP contribution in [0, 0.1) is 20.8 Å². The number of aryl methyl sites for hydroxylation is 3. The molecule has 2 aromatic heterocycles. The Morgan fingerprint density at radius 2 is 1.63 bits per heavy atom. The minimum absolute atomic E-state index is 0.0102. The molecule has 2 heterocycles. The Labute approximate surface area is 221 Å². The van der Waals surface area contributed by atoms with E-state index in [-0.39, 0.29) is 22.3 Å².